The van der Waals surface area contributed by atoms with Gasteiger partial charge >= 0.3 is 6.03 Å². The van der Waals surface area contributed by atoms with Crippen LogP contribution in [0.2, 0.25) is 0 Å². The molecule has 1 aromatic carbocycles. The zero-order valence-electron chi connectivity index (χ0n) is 13.1. The van der Waals surface area contributed by atoms with Crippen LogP contribution < -0.4 is 16.0 Å². The number of primary amides is 1. The SMILES string of the molecule is NC(=O)c1ccc(N2CCCC(N3CCNC3=O)C2)c([N+](=O)[O-])c1. The first-order valence-corrected chi connectivity index (χ1v) is 7.85. The van der Waals surface area contributed by atoms with Gasteiger partial charge in [-0.25, -0.2) is 4.79 Å². The average molecular weight is 333 g/mol. The minimum atomic E-state index is -0.699. The van der Waals surface area contributed by atoms with Gasteiger partial charge in [-0.05, 0) is 25.0 Å². The number of nitro groups is 1. The number of nitrogens with two attached hydrogens (primary N) is 1. The van der Waals surface area contributed by atoms with Crippen LogP contribution in [-0.2, 0) is 0 Å². The highest BCUT2D eigenvalue weighted by Gasteiger charge is 2.33. The Hall–Kier alpha value is -2.84. The molecule has 0 saturated carbocycles. The predicted octanol–water partition coefficient (Wildman–Crippen LogP) is 0.688. The van der Waals surface area contributed by atoms with E-state index < -0.39 is 10.8 Å². The summed E-state index contributed by atoms with van der Waals surface area (Å²) in [4.78, 5) is 37.7. The van der Waals surface area contributed by atoms with Crippen LogP contribution in [0.25, 0.3) is 0 Å². The Kier molecular flexibility index (Phi) is 4.24. The highest BCUT2D eigenvalue weighted by Crippen LogP contribution is 2.32. The zero-order chi connectivity index (χ0) is 17.3. The quantitative estimate of drug-likeness (QED) is 0.620. The van der Waals surface area contributed by atoms with Crippen molar-refractivity contribution in [3.63, 3.8) is 0 Å². The molecule has 3 rings (SSSR count). The van der Waals surface area contributed by atoms with Gasteiger partial charge in [-0.3, -0.25) is 14.9 Å². The summed E-state index contributed by atoms with van der Waals surface area (Å²) in [6.07, 6.45) is 1.71. The Morgan fingerprint density at radius 3 is 2.79 bits per heavy atom. The van der Waals surface area contributed by atoms with Crippen molar-refractivity contribution in [2.45, 2.75) is 18.9 Å². The molecular formula is C15H19N5O4. The van der Waals surface area contributed by atoms with Crippen LogP contribution >= 0.6 is 0 Å². The van der Waals surface area contributed by atoms with Crippen molar-refractivity contribution in [2.24, 2.45) is 5.73 Å². The second kappa shape index (κ2) is 6.34. The van der Waals surface area contributed by atoms with Crippen LogP contribution in [0.15, 0.2) is 18.2 Å². The van der Waals surface area contributed by atoms with Gasteiger partial charge in [-0.1, -0.05) is 0 Å². The molecule has 2 fully saturated rings. The van der Waals surface area contributed by atoms with E-state index in [9.17, 15) is 19.7 Å². The van der Waals surface area contributed by atoms with Gasteiger partial charge in [0.2, 0.25) is 5.91 Å². The number of benzene rings is 1. The van der Waals surface area contributed by atoms with Gasteiger partial charge in [-0.2, -0.15) is 0 Å². The Morgan fingerprint density at radius 2 is 2.17 bits per heavy atom. The monoisotopic (exact) mass is 333 g/mol. The highest BCUT2D eigenvalue weighted by atomic mass is 16.6. The van der Waals surface area contributed by atoms with E-state index in [-0.39, 0.29) is 23.3 Å². The van der Waals surface area contributed by atoms with E-state index in [1.165, 1.54) is 12.1 Å². The van der Waals surface area contributed by atoms with Crippen molar-refractivity contribution < 1.29 is 14.5 Å². The van der Waals surface area contributed by atoms with Gasteiger partial charge < -0.3 is 20.9 Å². The van der Waals surface area contributed by atoms with Gasteiger partial charge in [0.1, 0.15) is 5.69 Å². The van der Waals surface area contributed by atoms with Crippen LogP contribution in [-0.4, -0.2) is 54.0 Å². The maximum Gasteiger partial charge on any atom is 0.317 e. The van der Waals surface area contributed by atoms with Crippen molar-refractivity contribution in [2.75, 3.05) is 31.1 Å². The molecule has 2 aliphatic heterocycles. The molecule has 0 spiro atoms. The number of piperidine rings is 1. The van der Waals surface area contributed by atoms with Gasteiger partial charge in [0.05, 0.1) is 11.0 Å². The Balaban J connectivity index is 1.86. The largest absolute Gasteiger partial charge is 0.366 e. The lowest BCUT2D eigenvalue weighted by Gasteiger charge is -2.38. The van der Waals surface area contributed by atoms with Crippen LogP contribution in [0.1, 0.15) is 23.2 Å². The van der Waals surface area contributed by atoms with Crippen LogP contribution in [0.4, 0.5) is 16.2 Å². The number of anilines is 1. The molecular weight excluding hydrogens is 314 g/mol. The smallest absolute Gasteiger partial charge is 0.317 e. The van der Waals surface area contributed by atoms with Crippen molar-refractivity contribution >= 4 is 23.3 Å². The third-order valence-corrected chi connectivity index (χ3v) is 4.52. The fraction of sp³-hybridized carbons (Fsp3) is 0.467. The molecule has 3 N–H and O–H groups in total. The molecule has 24 heavy (non-hydrogen) atoms. The highest BCUT2D eigenvalue weighted by molar-refractivity contribution is 5.94. The lowest BCUT2D eigenvalue weighted by molar-refractivity contribution is -0.384. The van der Waals surface area contributed by atoms with Gasteiger partial charge in [0.25, 0.3) is 5.69 Å². The first-order chi connectivity index (χ1) is 11.5. The zero-order valence-corrected chi connectivity index (χ0v) is 13.1. The van der Waals surface area contributed by atoms with E-state index in [4.69, 9.17) is 5.73 Å². The molecule has 0 bridgehead atoms. The summed E-state index contributed by atoms with van der Waals surface area (Å²) < 4.78 is 0. The number of carbonyl (C=O) groups is 2. The van der Waals surface area contributed by atoms with E-state index in [1.54, 1.807) is 11.0 Å². The summed E-state index contributed by atoms with van der Waals surface area (Å²) in [5, 5.41) is 14.2. The first-order valence-electron chi connectivity index (χ1n) is 7.85. The molecule has 3 amide bonds. The number of hydrogen-bond acceptors (Lipinski definition) is 5. The lowest BCUT2D eigenvalue weighted by atomic mass is 10.0. The second-order valence-corrected chi connectivity index (χ2v) is 5.99. The number of carbonyl (C=O) groups excluding carboxylic acids is 2. The number of hydrogen-bond donors (Lipinski definition) is 2. The molecule has 9 heteroatoms. The maximum atomic E-state index is 11.8. The summed E-state index contributed by atoms with van der Waals surface area (Å²) in [5.74, 6) is -0.699. The third kappa shape index (κ3) is 2.97. The molecule has 9 nitrogen and oxygen atoms in total. The molecule has 2 saturated heterocycles. The Bertz CT molecular complexity index is 692. The minimum Gasteiger partial charge on any atom is -0.366 e. The Morgan fingerprint density at radius 1 is 1.38 bits per heavy atom. The van der Waals surface area contributed by atoms with E-state index in [0.717, 1.165) is 12.8 Å². The minimum absolute atomic E-state index is 0.0247. The number of rotatable bonds is 4. The summed E-state index contributed by atoms with van der Waals surface area (Å²) in [5.41, 5.74) is 5.63. The molecule has 1 unspecified atom stereocenters. The Labute approximate surface area is 138 Å². The lowest BCUT2D eigenvalue weighted by Crippen LogP contribution is -2.49. The summed E-state index contributed by atoms with van der Waals surface area (Å²) in [7, 11) is 0. The number of nitro benzene ring substituents is 1. The third-order valence-electron chi connectivity index (χ3n) is 4.52. The van der Waals surface area contributed by atoms with Crippen LogP contribution in [0.5, 0.6) is 0 Å². The van der Waals surface area contributed by atoms with E-state index in [1.807, 2.05) is 4.90 Å². The predicted molar refractivity (Wildman–Crippen MR) is 87.0 cm³/mol. The fourth-order valence-corrected chi connectivity index (χ4v) is 3.35. The normalized spacial score (nSPS) is 20.8. The summed E-state index contributed by atoms with van der Waals surface area (Å²) in [6.45, 7) is 2.48. The number of urea groups is 1. The molecule has 0 aliphatic carbocycles. The molecule has 2 heterocycles. The van der Waals surface area contributed by atoms with Crippen LogP contribution in [0, 0.1) is 10.1 Å². The van der Waals surface area contributed by atoms with E-state index in [2.05, 4.69) is 5.32 Å². The number of amides is 3. The summed E-state index contributed by atoms with van der Waals surface area (Å²) >= 11 is 0. The maximum absolute atomic E-state index is 11.8. The van der Waals surface area contributed by atoms with Crippen molar-refractivity contribution in [3.8, 4) is 0 Å². The standard InChI is InChI=1S/C15H19N5O4/c16-14(21)10-3-4-12(13(8-10)20(23)24)18-6-1-2-11(9-18)19-7-5-17-15(19)22/h3-4,8,11H,1-2,5-7,9H2,(H2,16,21)(H,17,22). The number of nitrogens with zero attached hydrogens (tertiary/aromatic N) is 3. The number of nitrogens with one attached hydrogen (secondary N) is 1. The van der Waals surface area contributed by atoms with E-state index >= 15 is 0 Å². The molecule has 2 aliphatic rings. The molecule has 0 radical (unpaired) electrons. The molecule has 128 valence electrons. The van der Waals surface area contributed by atoms with Crippen molar-refractivity contribution in [1.29, 1.82) is 0 Å². The molecule has 0 aromatic heterocycles. The fourth-order valence-electron chi connectivity index (χ4n) is 3.35. The van der Waals surface area contributed by atoms with E-state index in [0.29, 0.717) is 31.9 Å². The van der Waals surface area contributed by atoms with Crippen molar-refractivity contribution in [3.05, 3.63) is 33.9 Å². The van der Waals surface area contributed by atoms with Gasteiger partial charge in [0, 0.05) is 37.8 Å². The first kappa shape index (κ1) is 16.0. The van der Waals surface area contributed by atoms with Crippen LogP contribution in [0.3, 0.4) is 0 Å². The molecule has 1 atom stereocenters. The average Bonchev–Trinajstić information content (AvgIpc) is 3.00. The second-order valence-electron chi connectivity index (χ2n) is 5.99. The van der Waals surface area contributed by atoms with Gasteiger partial charge in [0.15, 0.2) is 0 Å². The summed E-state index contributed by atoms with van der Waals surface area (Å²) in [6, 6.07) is 4.21. The van der Waals surface area contributed by atoms with Gasteiger partial charge in [-0.15, -0.1) is 0 Å². The molecule has 1 aromatic rings. The van der Waals surface area contributed by atoms with Crippen molar-refractivity contribution in [1.82, 2.24) is 10.2 Å². The topological polar surface area (TPSA) is 122 Å².